The summed E-state index contributed by atoms with van der Waals surface area (Å²) < 4.78 is 10.5. The minimum atomic E-state index is 0.604. The van der Waals surface area contributed by atoms with Crippen LogP contribution in [0.15, 0.2) is 23.2 Å². The zero-order valence-corrected chi connectivity index (χ0v) is 11.7. The highest BCUT2D eigenvalue weighted by molar-refractivity contribution is 8.15. The first-order chi connectivity index (χ1) is 8.76. The lowest BCUT2D eigenvalue weighted by molar-refractivity contribution is 0.355. The second kappa shape index (κ2) is 6.00. The summed E-state index contributed by atoms with van der Waals surface area (Å²) >= 11 is 1.80. The molecule has 1 aliphatic rings. The van der Waals surface area contributed by atoms with Crippen molar-refractivity contribution in [1.29, 1.82) is 0 Å². The van der Waals surface area contributed by atoms with Crippen molar-refractivity contribution in [2.24, 2.45) is 4.99 Å². The molecular formula is C13H18N2O2S. The Morgan fingerprint density at radius 3 is 2.72 bits per heavy atom. The van der Waals surface area contributed by atoms with Gasteiger partial charge in [0, 0.05) is 17.0 Å². The number of hydrogen-bond acceptors (Lipinski definition) is 5. The Morgan fingerprint density at radius 2 is 2.11 bits per heavy atom. The topological polar surface area (TPSA) is 42.9 Å². The predicted molar refractivity (Wildman–Crippen MR) is 77.1 cm³/mol. The van der Waals surface area contributed by atoms with Crippen molar-refractivity contribution in [2.45, 2.75) is 18.6 Å². The fraction of sp³-hybridized carbons (Fsp3) is 0.462. The molecule has 0 fully saturated rings. The van der Waals surface area contributed by atoms with Crippen LogP contribution in [-0.2, 0) is 0 Å². The molecule has 1 heterocycles. The van der Waals surface area contributed by atoms with Crippen molar-refractivity contribution < 1.29 is 9.47 Å². The maximum Gasteiger partial charge on any atom is 0.162 e. The molecule has 1 aliphatic heterocycles. The molecule has 1 N–H and O–H groups in total. The Kier molecular flexibility index (Phi) is 4.36. The molecule has 0 radical (unpaired) electrons. The van der Waals surface area contributed by atoms with Crippen LogP contribution in [-0.4, -0.2) is 31.2 Å². The SMILES string of the molecule is CCC1CN=C(Nc2ccc(OC)c(OC)c2)S1. The van der Waals surface area contributed by atoms with E-state index in [1.165, 1.54) is 0 Å². The number of anilines is 1. The fourth-order valence-electron chi connectivity index (χ4n) is 1.74. The van der Waals surface area contributed by atoms with E-state index in [0.717, 1.165) is 35.3 Å². The molecule has 0 spiro atoms. The molecule has 0 saturated carbocycles. The number of hydrogen-bond donors (Lipinski definition) is 1. The summed E-state index contributed by atoms with van der Waals surface area (Å²) in [6, 6.07) is 5.77. The molecule has 0 aromatic heterocycles. The Balaban J connectivity index is 2.06. The van der Waals surface area contributed by atoms with E-state index in [-0.39, 0.29) is 0 Å². The van der Waals surface area contributed by atoms with Gasteiger partial charge in [-0.25, -0.2) is 0 Å². The number of ether oxygens (including phenoxy) is 2. The summed E-state index contributed by atoms with van der Waals surface area (Å²) in [5, 5.41) is 4.89. The molecule has 1 atom stereocenters. The van der Waals surface area contributed by atoms with Crippen LogP contribution < -0.4 is 14.8 Å². The molecule has 0 saturated heterocycles. The Labute approximate surface area is 112 Å². The Bertz CT molecular complexity index is 449. The van der Waals surface area contributed by atoms with Crippen molar-refractivity contribution in [2.75, 3.05) is 26.1 Å². The van der Waals surface area contributed by atoms with Gasteiger partial charge in [0.25, 0.3) is 0 Å². The van der Waals surface area contributed by atoms with E-state index in [2.05, 4.69) is 17.2 Å². The Morgan fingerprint density at radius 1 is 1.33 bits per heavy atom. The van der Waals surface area contributed by atoms with Gasteiger partial charge < -0.3 is 14.8 Å². The normalized spacial score (nSPS) is 18.4. The number of aliphatic imine (C=N–C) groups is 1. The average molecular weight is 266 g/mol. The van der Waals surface area contributed by atoms with E-state index >= 15 is 0 Å². The van der Waals surface area contributed by atoms with E-state index in [4.69, 9.17) is 9.47 Å². The van der Waals surface area contributed by atoms with Crippen molar-refractivity contribution >= 4 is 22.6 Å². The molecule has 1 unspecified atom stereocenters. The van der Waals surface area contributed by atoms with Gasteiger partial charge in [-0.1, -0.05) is 18.7 Å². The lowest BCUT2D eigenvalue weighted by Crippen LogP contribution is -2.07. The van der Waals surface area contributed by atoms with Crippen LogP contribution in [0.25, 0.3) is 0 Å². The van der Waals surface area contributed by atoms with Gasteiger partial charge in [0.05, 0.1) is 20.8 Å². The van der Waals surface area contributed by atoms with Gasteiger partial charge in [-0.2, -0.15) is 0 Å². The third-order valence-corrected chi connectivity index (χ3v) is 4.08. The van der Waals surface area contributed by atoms with E-state index in [1.54, 1.807) is 26.0 Å². The number of thioether (sulfide) groups is 1. The summed E-state index contributed by atoms with van der Waals surface area (Å²) in [5.74, 6) is 1.45. The number of amidine groups is 1. The van der Waals surface area contributed by atoms with Gasteiger partial charge in [-0.3, -0.25) is 4.99 Å². The maximum atomic E-state index is 5.27. The van der Waals surface area contributed by atoms with E-state index < -0.39 is 0 Å². The molecule has 0 aliphatic carbocycles. The lowest BCUT2D eigenvalue weighted by atomic mass is 10.3. The third-order valence-electron chi connectivity index (χ3n) is 2.81. The molecule has 1 aromatic rings. The molecular weight excluding hydrogens is 248 g/mol. The highest BCUT2D eigenvalue weighted by Crippen LogP contribution is 2.31. The van der Waals surface area contributed by atoms with Gasteiger partial charge in [0.2, 0.25) is 0 Å². The van der Waals surface area contributed by atoms with E-state index in [1.807, 2.05) is 18.2 Å². The Hall–Kier alpha value is -1.36. The van der Waals surface area contributed by atoms with Crippen molar-refractivity contribution in [3.05, 3.63) is 18.2 Å². The van der Waals surface area contributed by atoms with Crippen LogP contribution in [0.5, 0.6) is 11.5 Å². The number of nitrogens with zero attached hydrogens (tertiary/aromatic N) is 1. The number of benzene rings is 1. The molecule has 5 heteroatoms. The molecule has 2 rings (SSSR count). The minimum Gasteiger partial charge on any atom is -0.493 e. The number of methoxy groups -OCH3 is 2. The maximum absolute atomic E-state index is 5.27. The summed E-state index contributed by atoms with van der Waals surface area (Å²) in [6.07, 6.45) is 1.14. The predicted octanol–water partition coefficient (Wildman–Crippen LogP) is 3.00. The first-order valence-corrected chi connectivity index (χ1v) is 6.85. The molecule has 0 bridgehead atoms. The van der Waals surface area contributed by atoms with Gasteiger partial charge in [0.1, 0.15) is 0 Å². The first-order valence-electron chi connectivity index (χ1n) is 5.97. The number of rotatable bonds is 4. The van der Waals surface area contributed by atoms with Crippen molar-refractivity contribution in [3.8, 4) is 11.5 Å². The van der Waals surface area contributed by atoms with Crippen molar-refractivity contribution in [1.82, 2.24) is 0 Å². The van der Waals surface area contributed by atoms with Gasteiger partial charge >= 0.3 is 0 Å². The largest absolute Gasteiger partial charge is 0.493 e. The zero-order valence-electron chi connectivity index (χ0n) is 10.9. The fourth-order valence-corrected chi connectivity index (χ4v) is 2.69. The second-order valence-electron chi connectivity index (χ2n) is 3.99. The number of nitrogens with one attached hydrogen (secondary N) is 1. The summed E-state index contributed by atoms with van der Waals surface area (Å²) in [7, 11) is 3.27. The molecule has 98 valence electrons. The third kappa shape index (κ3) is 2.90. The molecule has 4 nitrogen and oxygen atoms in total. The van der Waals surface area contributed by atoms with Crippen molar-refractivity contribution in [3.63, 3.8) is 0 Å². The zero-order chi connectivity index (χ0) is 13.0. The second-order valence-corrected chi connectivity index (χ2v) is 5.28. The van der Waals surface area contributed by atoms with Crippen LogP contribution >= 0.6 is 11.8 Å². The standard InChI is InChI=1S/C13H18N2O2S/c1-4-10-8-14-13(18-10)15-9-5-6-11(16-2)12(7-9)17-3/h5-7,10H,4,8H2,1-3H3,(H,14,15). The van der Waals surface area contributed by atoms with E-state index in [9.17, 15) is 0 Å². The molecule has 1 aromatic carbocycles. The molecule has 18 heavy (non-hydrogen) atoms. The summed E-state index contributed by atoms with van der Waals surface area (Å²) in [4.78, 5) is 4.48. The van der Waals surface area contributed by atoms with Crippen LogP contribution in [0.2, 0.25) is 0 Å². The van der Waals surface area contributed by atoms with Gasteiger partial charge in [-0.15, -0.1) is 0 Å². The summed E-state index contributed by atoms with van der Waals surface area (Å²) in [6.45, 7) is 3.09. The van der Waals surface area contributed by atoms with Crippen LogP contribution in [0.4, 0.5) is 5.69 Å². The monoisotopic (exact) mass is 266 g/mol. The quantitative estimate of drug-likeness (QED) is 0.909. The molecule has 0 amide bonds. The van der Waals surface area contributed by atoms with Gasteiger partial charge in [0.15, 0.2) is 16.7 Å². The highest BCUT2D eigenvalue weighted by atomic mass is 32.2. The van der Waals surface area contributed by atoms with Gasteiger partial charge in [-0.05, 0) is 18.6 Å². The van der Waals surface area contributed by atoms with Crippen LogP contribution in [0.1, 0.15) is 13.3 Å². The smallest absolute Gasteiger partial charge is 0.162 e. The average Bonchev–Trinajstić information content (AvgIpc) is 2.86. The minimum absolute atomic E-state index is 0.604. The highest BCUT2D eigenvalue weighted by Gasteiger charge is 2.18. The van der Waals surface area contributed by atoms with E-state index in [0.29, 0.717) is 5.25 Å². The first kappa shape index (κ1) is 13.1. The lowest BCUT2D eigenvalue weighted by Gasteiger charge is -2.11. The summed E-state index contributed by atoms with van der Waals surface area (Å²) in [5.41, 5.74) is 0.968. The van der Waals surface area contributed by atoms with Crippen LogP contribution in [0, 0.1) is 0 Å². The van der Waals surface area contributed by atoms with Crippen LogP contribution in [0.3, 0.4) is 0 Å².